The number of halogens is 1. The summed E-state index contributed by atoms with van der Waals surface area (Å²) in [7, 11) is 1.54. The van der Waals surface area contributed by atoms with Crippen LogP contribution in [0.4, 0.5) is 11.4 Å². The third-order valence-corrected chi connectivity index (χ3v) is 3.90. The van der Waals surface area contributed by atoms with Gasteiger partial charge in [-0.2, -0.15) is 0 Å². The van der Waals surface area contributed by atoms with Gasteiger partial charge in [0.05, 0.1) is 37.6 Å². The molecule has 2 amide bonds. The molecule has 0 aromatic heterocycles. The summed E-state index contributed by atoms with van der Waals surface area (Å²) in [6, 6.07) is 11.8. The van der Waals surface area contributed by atoms with Crippen LogP contribution in [0.5, 0.6) is 11.5 Å². The molecule has 0 aliphatic carbocycles. The van der Waals surface area contributed by atoms with Crippen LogP contribution in [-0.2, 0) is 9.59 Å². The van der Waals surface area contributed by atoms with E-state index in [1.165, 1.54) is 14.0 Å². The molecule has 2 rings (SSSR count). The molecular formula is C20H26ClN3O4. The average molecular weight is 408 g/mol. The Bertz CT molecular complexity index is 814. The lowest BCUT2D eigenvalue weighted by molar-refractivity contribution is -0.120. The summed E-state index contributed by atoms with van der Waals surface area (Å²) in [5.74, 6) is 0.687. The second-order valence-electron chi connectivity index (χ2n) is 5.93. The molecule has 2 aromatic rings. The lowest BCUT2D eigenvalue weighted by atomic mass is 10.0. The fourth-order valence-corrected chi connectivity index (χ4v) is 2.70. The van der Waals surface area contributed by atoms with Crippen LogP contribution in [0.1, 0.15) is 31.9 Å². The van der Waals surface area contributed by atoms with Gasteiger partial charge in [0, 0.05) is 18.6 Å². The van der Waals surface area contributed by atoms with Gasteiger partial charge in [-0.05, 0) is 25.1 Å². The largest absolute Gasteiger partial charge is 0.497 e. The molecular weight excluding hydrogens is 382 g/mol. The smallest absolute Gasteiger partial charge is 0.226 e. The van der Waals surface area contributed by atoms with Crippen molar-refractivity contribution in [3.05, 3.63) is 48.0 Å². The quantitative estimate of drug-likeness (QED) is 0.582. The van der Waals surface area contributed by atoms with Crippen LogP contribution < -0.4 is 25.8 Å². The van der Waals surface area contributed by atoms with Crippen LogP contribution in [0.2, 0.25) is 0 Å². The van der Waals surface area contributed by atoms with E-state index in [1.807, 2.05) is 31.2 Å². The van der Waals surface area contributed by atoms with E-state index in [9.17, 15) is 9.59 Å². The number of carbonyl (C=O) groups excluding carboxylic acids is 2. The summed E-state index contributed by atoms with van der Waals surface area (Å²) in [6.45, 7) is 3.77. The first kappa shape index (κ1) is 23.1. The molecule has 2 aromatic carbocycles. The van der Waals surface area contributed by atoms with E-state index in [4.69, 9.17) is 15.2 Å². The third-order valence-electron chi connectivity index (χ3n) is 3.90. The highest BCUT2D eigenvalue weighted by Gasteiger charge is 2.21. The van der Waals surface area contributed by atoms with Crippen LogP contribution in [0.3, 0.4) is 0 Å². The number of benzene rings is 2. The number of methoxy groups -OCH3 is 1. The number of amides is 2. The Balaban J connectivity index is 0.00000392. The summed E-state index contributed by atoms with van der Waals surface area (Å²) in [5, 5.41) is 5.59. The Morgan fingerprint density at radius 2 is 1.89 bits per heavy atom. The van der Waals surface area contributed by atoms with Gasteiger partial charge in [-0.25, -0.2) is 0 Å². The maximum Gasteiger partial charge on any atom is 0.226 e. The Kier molecular flexibility index (Phi) is 9.11. The van der Waals surface area contributed by atoms with Gasteiger partial charge in [0.1, 0.15) is 11.5 Å². The number of hydrogen-bond acceptors (Lipinski definition) is 5. The Morgan fingerprint density at radius 1 is 1.18 bits per heavy atom. The number of rotatable bonds is 8. The number of carbonyl (C=O) groups is 2. The Morgan fingerprint density at radius 3 is 2.54 bits per heavy atom. The highest BCUT2D eigenvalue weighted by atomic mass is 35.5. The number of ether oxygens (including phenoxy) is 2. The second-order valence-corrected chi connectivity index (χ2v) is 5.93. The fraction of sp³-hybridized carbons (Fsp3) is 0.300. The standard InChI is InChI=1S/C20H25N3O4.ClH/c1-4-27-19-8-6-5-7-15(19)17(22-13(2)24)12-20(25)23-18-11-14(26-3)9-10-16(18)21;/h5-11,17H,4,12,21H2,1-3H3,(H,22,24)(H,23,25);1H. The zero-order valence-electron chi connectivity index (χ0n) is 16.2. The molecule has 8 heteroatoms. The van der Waals surface area contributed by atoms with E-state index in [-0.39, 0.29) is 30.6 Å². The molecule has 0 fully saturated rings. The van der Waals surface area contributed by atoms with Crippen LogP contribution >= 0.6 is 12.4 Å². The van der Waals surface area contributed by atoms with Crippen LogP contribution in [0.15, 0.2) is 42.5 Å². The SMILES string of the molecule is CCOc1ccccc1C(CC(=O)Nc1cc(OC)ccc1N)NC(C)=O.Cl. The summed E-state index contributed by atoms with van der Waals surface area (Å²) in [6.07, 6.45) is 0.0281. The van der Waals surface area contributed by atoms with Crippen molar-refractivity contribution >= 4 is 35.6 Å². The highest BCUT2D eigenvalue weighted by molar-refractivity contribution is 5.94. The summed E-state index contributed by atoms with van der Waals surface area (Å²) in [5.41, 5.74) is 7.54. The van der Waals surface area contributed by atoms with Crippen molar-refractivity contribution in [2.45, 2.75) is 26.3 Å². The van der Waals surface area contributed by atoms with Crippen LogP contribution in [0.25, 0.3) is 0 Å². The number of nitrogens with one attached hydrogen (secondary N) is 2. The Labute approximate surface area is 171 Å². The molecule has 0 bridgehead atoms. The highest BCUT2D eigenvalue weighted by Crippen LogP contribution is 2.29. The zero-order chi connectivity index (χ0) is 19.8. The lowest BCUT2D eigenvalue weighted by Crippen LogP contribution is -2.30. The van der Waals surface area contributed by atoms with Crippen molar-refractivity contribution in [2.75, 3.05) is 24.8 Å². The van der Waals surface area contributed by atoms with Crippen molar-refractivity contribution in [2.24, 2.45) is 0 Å². The number of para-hydroxylation sites is 1. The van der Waals surface area contributed by atoms with E-state index in [2.05, 4.69) is 10.6 Å². The lowest BCUT2D eigenvalue weighted by Gasteiger charge is -2.21. The molecule has 0 spiro atoms. The van der Waals surface area contributed by atoms with Crippen molar-refractivity contribution < 1.29 is 19.1 Å². The summed E-state index contributed by atoms with van der Waals surface area (Å²) < 4.78 is 10.8. The van der Waals surface area contributed by atoms with Gasteiger partial charge in [0.25, 0.3) is 0 Å². The van der Waals surface area contributed by atoms with Gasteiger partial charge >= 0.3 is 0 Å². The topological polar surface area (TPSA) is 103 Å². The normalized spacial score (nSPS) is 11.0. The number of anilines is 2. The van der Waals surface area contributed by atoms with Crippen molar-refractivity contribution in [1.82, 2.24) is 5.32 Å². The van der Waals surface area contributed by atoms with Gasteiger partial charge in [0.15, 0.2) is 0 Å². The molecule has 28 heavy (non-hydrogen) atoms. The third kappa shape index (κ3) is 6.35. The van der Waals surface area contributed by atoms with E-state index in [1.54, 1.807) is 18.2 Å². The van der Waals surface area contributed by atoms with E-state index < -0.39 is 6.04 Å². The number of nitrogens with two attached hydrogens (primary N) is 1. The first-order chi connectivity index (χ1) is 12.9. The van der Waals surface area contributed by atoms with Crippen molar-refractivity contribution in [1.29, 1.82) is 0 Å². The van der Waals surface area contributed by atoms with Crippen LogP contribution in [-0.4, -0.2) is 25.5 Å². The van der Waals surface area contributed by atoms with Crippen molar-refractivity contribution in [3.8, 4) is 11.5 Å². The Hall–Kier alpha value is -2.93. The molecule has 0 saturated carbocycles. The molecule has 0 radical (unpaired) electrons. The second kappa shape index (κ2) is 11.0. The van der Waals surface area contributed by atoms with E-state index >= 15 is 0 Å². The molecule has 4 N–H and O–H groups in total. The van der Waals surface area contributed by atoms with Gasteiger partial charge in [-0.3, -0.25) is 9.59 Å². The monoisotopic (exact) mass is 407 g/mol. The predicted octanol–water partition coefficient (Wildman–Crippen LogP) is 3.30. The molecule has 0 aliphatic rings. The minimum Gasteiger partial charge on any atom is -0.497 e. The minimum absolute atomic E-state index is 0. The number of nitrogen functional groups attached to an aromatic ring is 1. The molecule has 1 atom stereocenters. The molecule has 7 nitrogen and oxygen atoms in total. The zero-order valence-corrected chi connectivity index (χ0v) is 17.0. The average Bonchev–Trinajstić information content (AvgIpc) is 2.63. The molecule has 0 saturated heterocycles. The number of hydrogen-bond donors (Lipinski definition) is 3. The molecule has 0 aliphatic heterocycles. The maximum absolute atomic E-state index is 12.6. The summed E-state index contributed by atoms with van der Waals surface area (Å²) in [4.78, 5) is 24.3. The molecule has 0 heterocycles. The van der Waals surface area contributed by atoms with Gasteiger partial charge in [-0.1, -0.05) is 18.2 Å². The minimum atomic E-state index is -0.530. The van der Waals surface area contributed by atoms with Crippen LogP contribution in [0, 0.1) is 0 Å². The predicted molar refractivity (Wildman–Crippen MR) is 112 cm³/mol. The fourth-order valence-electron chi connectivity index (χ4n) is 2.70. The molecule has 152 valence electrons. The van der Waals surface area contributed by atoms with Gasteiger partial charge in [-0.15, -0.1) is 12.4 Å². The van der Waals surface area contributed by atoms with Gasteiger partial charge < -0.3 is 25.8 Å². The molecule has 1 unspecified atom stereocenters. The first-order valence-corrected chi connectivity index (χ1v) is 8.66. The van der Waals surface area contributed by atoms with E-state index in [0.29, 0.717) is 29.5 Å². The summed E-state index contributed by atoms with van der Waals surface area (Å²) >= 11 is 0. The van der Waals surface area contributed by atoms with Crippen molar-refractivity contribution in [3.63, 3.8) is 0 Å². The van der Waals surface area contributed by atoms with E-state index in [0.717, 1.165) is 5.56 Å². The maximum atomic E-state index is 12.6. The van der Waals surface area contributed by atoms with Gasteiger partial charge in [0.2, 0.25) is 11.8 Å². The first-order valence-electron chi connectivity index (χ1n) is 8.66.